The molecule has 5 atom stereocenters. The van der Waals surface area contributed by atoms with Gasteiger partial charge in [-0.3, -0.25) is 4.79 Å². The Hall–Kier alpha value is -3.84. The summed E-state index contributed by atoms with van der Waals surface area (Å²) in [4.78, 5) is 52.2. The van der Waals surface area contributed by atoms with E-state index >= 15 is 0 Å². The van der Waals surface area contributed by atoms with E-state index in [1.807, 2.05) is 13.1 Å². The molecule has 0 aromatic heterocycles. The normalized spacial score (nSPS) is 26.8. The van der Waals surface area contributed by atoms with E-state index in [1.165, 1.54) is 6.92 Å². The monoisotopic (exact) mass is 644 g/mol. The van der Waals surface area contributed by atoms with Gasteiger partial charge in [-0.05, 0) is 92.6 Å². The van der Waals surface area contributed by atoms with Crippen LogP contribution in [0.15, 0.2) is 24.0 Å². The fourth-order valence-corrected chi connectivity index (χ4v) is 6.95. The van der Waals surface area contributed by atoms with Gasteiger partial charge in [0.25, 0.3) is 0 Å². The number of nitrogens with one attached hydrogen (secondary N) is 1. The van der Waals surface area contributed by atoms with E-state index in [9.17, 15) is 24.3 Å². The summed E-state index contributed by atoms with van der Waals surface area (Å²) in [6, 6.07) is 3.30. The van der Waals surface area contributed by atoms with Crippen LogP contribution in [0.5, 0.6) is 11.5 Å². The molecule has 5 rings (SSSR count). The van der Waals surface area contributed by atoms with Crippen LogP contribution >= 0.6 is 0 Å². The van der Waals surface area contributed by atoms with Crippen molar-refractivity contribution < 1.29 is 52.7 Å². The highest BCUT2D eigenvalue weighted by Gasteiger charge is 2.72. The Labute approximate surface area is 268 Å². The SMILES string of the molecule is CC(OC(=O)CCNC(=O)OC(C)(C)C)C(=O)OC1=CC[C@@]2(O)[C@H]3Cc4ccc(OC(=O)OC(C)(C)C)c5c4[C@@]2(CCN3C)[C@H]1O5. The van der Waals surface area contributed by atoms with Gasteiger partial charge in [-0.25, -0.2) is 14.4 Å². The van der Waals surface area contributed by atoms with Crippen LogP contribution in [0.2, 0.25) is 0 Å². The molecule has 2 aliphatic carbocycles. The molecule has 0 saturated carbocycles. The third-order valence-electron chi connectivity index (χ3n) is 8.78. The van der Waals surface area contributed by atoms with Crippen LogP contribution < -0.4 is 14.8 Å². The summed E-state index contributed by atoms with van der Waals surface area (Å²) in [7, 11) is 1.98. The van der Waals surface area contributed by atoms with Crippen LogP contribution in [-0.2, 0) is 40.4 Å². The molecule has 0 radical (unpaired) electrons. The van der Waals surface area contributed by atoms with Gasteiger partial charge in [0.05, 0.1) is 17.4 Å². The summed E-state index contributed by atoms with van der Waals surface area (Å²) >= 11 is 0. The Morgan fingerprint density at radius 2 is 1.78 bits per heavy atom. The largest absolute Gasteiger partial charge is 0.514 e. The van der Waals surface area contributed by atoms with Gasteiger partial charge in [-0.15, -0.1) is 0 Å². The first-order valence-corrected chi connectivity index (χ1v) is 15.6. The minimum absolute atomic E-state index is 0.0401. The number of alkyl carbamates (subject to hydrolysis) is 1. The van der Waals surface area contributed by atoms with E-state index in [2.05, 4.69) is 10.2 Å². The van der Waals surface area contributed by atoms with E-state index in [-0.39, 0.29) is 36.9 Å². The molecule has 13 nitrogen and oxygen atoms in total. The van der Waals surface area contributed by atoms with Crippen LogP contribution in [0.1, 0.15) is 78.9 Å². The van der Waals surface area contributed by atoms with Crippen molar-refractivity contribution in [2.24, 2.45) is 0 Å². The van der Waals surface area contributed by atoms with Gasteiger partial charge in [0.2, 0.25) is 0 Å². The number of nitrogens with zero attached hydrogens (tertiary/aromatic N) is 1. The van der Waals surface area contributed by atoms with Gasteiger partial charge in [-0.2, -0.15) is 0 Å². The average molecular weight is 645 g/mol. The molecule has 1 amide bonds. The number of esters is 2. The molecule has 1 spiro atoms. The van der Waals surface area contributed by atoms with Gasteiger partial charge < -0.3 is 43.7 Å². The summed E-state index contributed by atoms with van der Waals surface area (Å²) in [5.74, 6) is -0.915. The lowest BCUT2D eigenvalue weighted by molar-refractivity contribution is -0.175. The van der Waals surface area contributed by atoms with Crippen molar-refractivity contribution in [3.8, 4) is 11.5 Å². The van der Waals surface area contributed by atoms with E-state index in [0.29, 0.717) is 25.1 Å². The van der Waals surface area contributed by atoms with E-state index in [4.69, 9.17) is 28.4 Å². The van der Waals surface area contributed by atoms with Crippen LogP contribution in [0.4, 0.5) is 9.59 Å². The van der Waals surface area contributed by atoms with E-state index < -0.39 is 58.6 Å². The number of hydrogen-bond donors (Lipinski definition) is 2. The van der Waals surface area contributed by atoms with Crippen LogP contribution in [0.25, 0.3) is 0 Å². The fraction of sp³-hybridized carbons (Fsp3) is 0.636. The summed E-state index contributed by atoms with van der Waals surface area (Å²) < 4.78 is 33.7. The molecule has 2 heterocycles. The number of carbonyl (C=O) groups excluding carboxylic acids is 4. The molecule has 1 unspecified atom stereocenters. The first-order chi connectivity index (χ1) is 21.3. The predicted molar refractivity (Wildman–Crippen MR) is 162 cm³/mol. The van der Waals surface area contributed by atoms with E-state index in [0.717, 1.165) is 11.1 Å². The van der Waals surface area contributed by atoms with Crippen molar-refractivity contribution in [3.63, 3.8) is 0 Å². The molecule has 252 valence electrons. The van der Waals surface area contributed by atoms with Crippen molar-refractivity contribution >= 4 is 24.2 Å². The number of piperidine rings is 1. The molecule has 1 saturated heterocycles. The quantitative estimate of drug-likeness (QED) is 0.252. The number of likely N-dealkylation sites (tertiary alicyclic amines) is 1. The molecule has 1 aromatic carbocycles. The Morgan fingerprint density at radius 3 is 2.46 bits per heavy atom. The molecule has 2 N–H and O–H groups in total. The summed E-state index contributed by atoms with van der Waals surface area (Å²) in [6.07, 6.45) is -1.06. The number of ether oxygens (including phenoxy) is 6. The van der Waals surface area contributed by atoms with Crippen molar-refractivity contribution in [2.75, 3.05) is 20.1 Å². The summed E-state index contributed by atoms with van der Waals surface area (Å²) in [5, 5.41) is 14.9. The Morgan fingerprint density at radius 1 is 1.09 bits per heavy atom. The zero-order chi connectivity index (χ0) is 33.8. The Kier molecular flexibility index (Phi) is 8.56. The number of hydrogen-bond acceptors (Lipinski definition) is 12. The average Bonchev–Trinajstić information content (AvgIpc) is 3.27. The molecule has 2 bridgehead atoms. The third-order valence-corrected chi connectivity index (χ3v) is 8.78. The number of amides is 1. The minimum Gasteiger partial charge on any atom is -0.477 e. The highest BCUT2D eigenvalue weighted by Crippen LogP contribution is 2.65. The second kappa shape index (κ2) is 11.8. The zero-order valence-corrected chi connectivity index (χ0v) is 27.7. The van der Waals surface area contributed by atoms with Gasteiger partial charge in [0, 0.05) is 24.6 Å². The number of rotatable bonds is 7. The van der Waals surface area contributed by atoms with Crippen LogP contribution in [0.3, 0.4) is 0 Å². The topological polar surface area (TPSA) is 159 Å². The summed E-state index contributed by atoms with van der Waals surface area (Å²) in [5.41, 5.74) is -2.02. The van der Waals surface area contributed by atoms with Crippen molar-refractivity contribution in [1.29, 1.82) is 0 Å². The second-order valence-electron chi connectivity index (χ2n) is 14.4. The Balaban J connectivity index is 1.34. The summed E-state index contributed by atoms with van der Waals surface area (Å²) in [6.45, 7) is 12.4. The van der Waals surface area contributed by atoms with Crippen molar-refractivity contribution in [3.05, 3.63) is 35.1 Å². The van der Waals surface area contributed by atoms with Crippen LogP contribution in [0, 0.1) is 0 Å². The molecule has 1 aromatic rings. The maximum Gasteiger partial charge on any atom is 0.514 e. The number of carbonyl (C=O) groups is 4. The lowest BCUT2D eigenvalue weighted by atomic mass is 9.50. The molecule has 4 aliphatic rings. The molecule has 2 aliphatic heterocycles. The molecular weight excluding hydrogens is 600 g/mol. The van der Waals surface area contributed by atoms with Crippen molar-refractivity contribution in [2.45, 2.75) is 115 Å². The smallest absolute Gasteiger partial charge is 0.477 e. The van der Waals surface area contributed by atoms with Gasteiger partial charge in [0.15, 0.2) is 23.7 Å². The van der Waals surface area contributed by atoms with Gasteiger partial charge >= 0.3 is 24.2 Å². The van der Waals surface area contributed by atoms with E-state index in [1.54, 1.807) is 53.7 Å². The van der Waals surface area contributed by atoms with Crippen LogP contribution in [-0.4, -0.2) is 89.4 Å². The fourth-order valence-electron chi connectivity index (χ4n) is 6.95. The molecule has 13 heteroatoms. The highest BCUT2D eigenvalue weighted by atomic mass is 16.7. The first-order valence-electron chi connectivity index (χ1n) is 15.6. The molecular formula is C33H44N2O11. The number of aliphatic hydroxyl groups is 1. The number of likely N-dealkylation sites (N-methyl/N-ethyl adjacent to an activating group) is 1. The standard InChI is InChI=1S/C33H44N2O11/c1-18(41-23(36)12-15-34-28(38)45-30(2,3)4)27(37)42-21-11-13-33(40)22-17-19-9-10-20(43-29(39)46-31(5,6)7)25-24(19)32(33,26(21)44-25)14-16-35(22)8/h9-11,18,22,26,40H,12-17H2,1-8H3,(H,34,38)/t18?,22-,26+,32+,33-/m1/s1. The zero-order valence-electron chi connectivity index (χ0n) is 27.7. The highest BCUT2D eigenvalue weighted by molar-refractivity contribution is 5.80. The first kappa shape index (κ1) is 33.5. The third kappa shape index (κ3) is 6.14. The predicted octanol–water partition coefficient (Wildman–Crippen LogP) is 3.67. The minimum atomic E-state index is -1.27. The lowest BCUT2D eigenvalue weighted by Gasteiger charge is -2.61. The molecule has 1 fully saturated rings. The maximum atomic E-state index is 13.2. The van der Waals surface area contributed by atoms with Gasteiger partial charge in [0.1, 0.15) is 17.0 Å². The van der Waals surface area contributed by atoms with Crippen molar-refractivity contribution in [1.82, 2.24) is 10.2 Å². The van der Waals surface area contributed by atoms with Gasteiger partial charge in [-0.1, -0.05) is 6.07 Å². The second-order valence-corrected chi connectivity index (χ2v) is 14.4. The Bertz CT molecular complexity index is 1460. The number of benzene rings is 1. The maximum absolute atomic E-state index is 13.2. The lowest BCUT2D eigenvalue weighted by Crippen LogP contribution is -2.74. The molecule has 46 heavy (non-hydrogen) atoms.